The summed E-state index contributed by atoms with van der Waals surface area (Å²) in [4.78, 5) is 14.0. The molecule has 29 heavy (non-hydrogen) atoms. The topological polar surface area (TPSA) is 79.8 Å². The van der Waals surface area contributed by atoms with Crippen molar-refractivity contribution in [1.29, 1.82) is 5.26 Å². The summed E-state index contributed by atoms with van der Waals surface area (Å²) in [7, 11) is 0. The third kappa shape index (κ3) is 3.25. The van der Waals surface area contributed by atoms with Crippen LogP contribution >= 0.6 is 0 Å². The van der Waals surface area contributed by atoms with E-state index in [1.807, 2.05) is 23.8 Å². The highest BCUT2D eigenvalue weighted by atomic mass is 15.2. The van der Waals surface area contributed by atoms with Crippen molar-refractivity contribution in [2.45, 2.75) is 45.2 Å². The second-order valence-corrected chi connectivity index (χ2v) is 8.05. The fraction of sp³-hybridized carbons (Fsp3) is 0.318. The lowest BCUT2D eigenvalue weighted by Gasteiger charge is -2.22. The Morgan fingerprint density at radius 1 is 1.14 bits per heavy atom. The van der Waals surface area contributed by atoms with E-state index >= 15 is 0 Å². The maximum Gasteiger partial charge on any atom is 0.267 e. The lowest BCUT2D eigenvalue weighted by molar-refractivity contribution is 0.597. The molecule has 0 aromatic carbocycles. The highest BCUT2D eigenvalue weighted by molar-refractivity contribution is 6.67. The fourth-order valence-electron chi connectivity index (χ4n) is 4.30. The van der Waals surface area contributed by atoms with Crippen LogP contribution in [-0.2, 0) is 0 Å². The van der Waals surface area contributed by atoms with Gasteiger partial charge in [0.1, 0.15) is 0 Å². The van der Waals surface area contributed by atoms with Crippen molar-refractivity contribution in [2.75, 3.05) is 0 Å². The zero-order valence-electron chi connectivity index (χ0n) is 16.6. The van der Waals surface area contributed by atoms with Gasteiger partial charge in [-0.2, -0.15) is 5.10 Å². The Kier molecular flexibility index (Phi) is 4.28. The van der Waals surface area contributed by atoms with Crippen LogP contribution in [0.25, 0.3) is 27.9 Å². The van der Waals surface area contributed by atoms with Gasteiger partial charge in [-0.3, -0.25) is 0 Å². The van der Waals surface area contributed by atoms with Gasteiger partial charge in [-0.05, 0) is 43.7 Å². The van der Waals surface area contributed by atoms with Crippen molar-refractivity contribution in [3.8, 4) is 17.2 Å². The normalized spacial score (nSPS) is 15.1. The number of aromatic nitrogens is 5. The van der Waals surface area contributed by atoms with E-state index in [1.165, 1.54) is 0 Å². The zero-order valence-corrected chi connectivity index (χ0v) is 16.6. The molecular formula is C22H21BN6. The van der Waals surface area contributed by atoms with Gasteiger partial charge in [-0.1, -0.05) is 25.5 Å². The summed E-state index contributed by atoms with van der Waals surface area (Å²) in [6, 6.07) is 8.38. The number of nitrogens with zero attached hydrogens (tertiary/aromatic N) is 6. The minimum atomic E-state index is 0.208. The van der Waals surface area contributed by atoms with Gasteiger partial charge in [-0.25, -0.2) is 24.7 Å². The van der Waals surface area contributed by atoms with Crippen LogP contribution < -0.4 is 0 Å². The van der Waals surface area contributed by atoms with Crippen LogP contribution in [0.4, 0.5) is 0 Å². The smallest absolute Gasteiger partial charge is 0.236 e. The summed E-state index contributed by atoms with van der Waals surface area (Å²) in [6.07, 6.45) is 7.78. The molecule has 7 heteroatoms. The standard InChI is InChI=1S/C22H21BN6/c1-14-9-20(28-29-12-15(2)26-22(14)29)18-10-17-3-4-19(27-21(17)25-11-18)16-5-7-23(13-24)8-6-16/h3-4,9-12,16H,5-8H2,1-2H3. The number of imidazole rings is 1. The Balaban J connectivity index is 1.48. The summed E-state index contributed by atoms with van der Waals surface area (Å²) < 4.78 is 1.84. The van der Waals surface area contributed by atoms with Crippen LogP contribution in [0.1, 0.15) is 35.7 Å². The Morgan fingerprint density at radius 3 is 2.76 bits per heavy atom. The van der Waals surface area contributed by atoms with Crippen LogP contribution in [0.15, 0.2) is 36.7 Å². The van der Waals surface area contributed by atoms with Crippen LogP contribution in [0.2, 0.25) is 12.6 Å². The van der Waals surface area contributed by atoms with E-state index < -0.39 is 0 Å². The molecule has 0 amide bonds. The van der Waals surface area contributed by atoms with Gasteiger partial charge >= 0.3 is 0 Å². The number of hydrogen-bond donors (Lipinski definition) is 0. The van der Waals surface area contributed by atoms with Crippen molar-refractivity contribution < 1.29 is 0 Å². The first-order chi connectivity index (χ1) is 14.1. The number of pyridine rings is 2. The molecule has 4 aromatic heterocycles. The largest absolute Gasteiger partial charge is 0.267 e. The molecule has 1 saturated heterocycles. The van der Waals surface area contributed by atoms with Gasteiger partial charge in [0.25, 0.3) is 6.71 Å². The minimum absolute atomic E-state index is 0.208. The van der Waals surface area contributed by atoms with Crippen molar-refractivity contribution >= 4 is 23.4 Å². The average molecular weight is 380 g/mol. The summed E-state index contributed by atoms with van der Waals surface area (Å²) in [5, 5.41) is 14.8. The quantitative estimate of drug-likeness (QED) is 0.482. The molecule has 1 aliphatic rings. The highest BCUT2D eigenvalue weighted by Gasteiger charge is 2.26. The third-order valence-corrected chi connectivity index (χ3v) is 5.92. The first-order valence-electron chi connectivity index (χ1n) is 10.1. The van der Waals surface area contributed by atoms with Crippen molar-refractivity contribution in [1.82, 2.24) is 24.6 Å². The Labute approximate surface area is 169 Å². The Hall–Kier alpha value is -3.27. The van der Waals surface area contributed by atoms with E-state index in [9.17, 15) is 0 Å². The number of aryl methyl sites for hydroxylation is 2. The molecule has 4 aromatic rings. The van der Waals surface area contributed by atoms with Gasteiger partial charge in [0.05, 0.1) is 17.6 Å². The molecule has 0 N–H and O–H groups in total. The molecule has 0 saturated carbocycles. The van der Waals surface area contributed by atoms with E-state index in [0.717, 1.165) is 70.4 Å². The summed E-state index contributed by atoms with van der Waals surface area (Å²) in [6.45, 7) is 4.23. The molecule has 0 bridgehead atoms. The lowest BCUT2D eigenvalue weighted by atomic mass is 9.41. The molecule has 0 radical (unpaired) electrons. The molecule has 5 heterocycles. The van der Waals surface area contributed by atoms with Gasteiger partial charge < -0.3 is 0 Å². The van der Waals surface area contributed by atoms with Gasteiger partial charge in [0.2, 0.25) is 0 Å². The molecule has 0 aliphatic carbocycles. The summed E-state index contributed by atoms with van der Waals surface area (Å²) >= 11 is 0. The predicted molar refractivity (Wildman–Crippen MR) is 114 cm³/mol. The SMILES string of the molecule is Cc1cn2nc(-c3cnc4nc(C5CCB(C#N)CC5)ccc4c3)cc(C)c2n1. The molecule has 6 nitrogen and oxygen atoms in total. The monoisotopic (exact) mass is 380 g/mol. The molecule has 1 aliphatic heterocycles. The second-order valence-electron chi connectivity index (χ2n) is 8.05. The van der Waals surface area contributed by atoms with Gasteiger partial charge in [0, 0.05) is 34.7 Å². The minimum Gasteiger partial charge on any atom is -0.236 e. The fourth-order valence-corrected chi connectivity index (χ4v) is 4.30. The van der Waals surface area contributed by atoms with E-state index in [2.05, 4.69) is 47.1 Å². The van der Waals surface area contributed by atoms with E-state index in [1.54, 1.807) is 0 Å². The van der Waals surface area contributed by atoms with Gasteiger partial charge in [-0.15, -0.1) is 0 Å². The Morgan fingerprint density at radius 2 is 1.97 bits per heavy atom. The van der Waals surface area contributed by atoms with Crippen molar-refractivity contribution in [3.05, 3.63) is 53.6 Å². The lowest BCUT2D eigenvalue weighted by Crippen LogP contribution is -2.19. The number of hydrogen-bond acceptors (Lipinski definition) is 5. The third-order valence-electron chi connectivity index (χ3n) is 5.92. The molecule has 5 rings (SSSR count). The number of nitriles is 1. The molecule has 1 fully saturated rings. The van der Waals surface area contributed by atoms with Crippen molar-refractivity contribution in [3.63, 3.8) is 0 Å². The van der Waals surface area contributed by atoms with Crippen molar-refractivity contribution in [2.24, 2.45) is 0 Å². The first-order valence-corrected chi connectivity index (χ1v) is 10.1. The summed E-state index contributed by atoms with van der Waals surface area (Å²) in [5.74, 6) is 2.83. The van der Waals surface area contributed by atoms with Crippen LogP contribution in [-0.4, -0.2) is 31.3 Å². The molecule has 0 atom stereocenters. The number of rotatable bonds is 2. The molecule has 0 unspecified atom stereocenters. The summed E-state index contributed by atoms with van der Waals surface area (Å²) in [5.41, 5.74) is 6.64. The second kappa shape index (κ2) is 6.96. The maximum atomic E-state index is 9.10. The highest BCUT2D eigenvalue weighted by Crippen LogP contribution is 2.33. The molecular weight excluding hydrogens is 359 g/mol. The first kappa shape index (κ1) is 17.8. The molecule has 142 valence electrons. The number of fused-ring (bicyclic) bond motifs is 2. The van der Waals surface area contributed by atoms with Gasteiger partial charge in [0.15, 0.2) is 11.3 Å². The van der Waals surface area contributed by atoms with Crippen LogP contribution in [0.5, 0.6) is 0 Å². The van der Waals surface area contributed by atoms with E-state index in [4.69, 9.17) is 15.3 Å². The van der Waals surface area contributed by atoms with E-state index in [-0.39, 0.29) is 6.71 Å². The average Bonchev–Trinajstić information content (AvgIpc) is 3.14. The van der Waals surface area contributed by atoms with Crippen LogP contribution in [0, 0.1) is 25.1 Å². The molecule has 0 spiro atoms. The predicted octanol–water partition coefficient (Wildman–Crippen LogP) is 4.39. The van der Waals surface area contributed by atoms with Crippen LogP contribution in [0.3, 0.4) is 0 Å². The Bertz CT molecular complexity index is 1260. The maximum absolute atomic E-state index is 9.10. The van der Waals surface area contributed by atoms with E-state index in [0.29, 0.717) is 5.92 Å². The zero-order chi connectivity index (χ0) is 20.0.